The van der Waals surface area contributed by atoms with Gasteiger partial charge in [0.25, 0.3) is 0 Å². The Hall–Kier alpha value is -5.83. The third kappa shape index (κ3) is 18.0. The molecule has 0 aliphatic carbocycles. The number of hydrogen-bond donors (Lipinski definition) is 3. The van der Waals surface area contributed by atoms with Crippen LogP contribution in [0.4, 0.5) is 4.79 Å². The van der Waals surface area contributed by atoms with Crippen LogP contribution in [0.25, 0.3) is 0 Å². The fourth-order valence-corrected chi connectivity index (χ4v) is 6.13. The molecule has 0 aromatic heterocycles. The van der Waals surface area contributed by atoms with Gasteiger partial charge in [0, 0.05) is 46.2 Å². The topological polar surface area (TPSA) is 267 Å². The SMILES string of the molecule is CCOC(=O)CC(C(=O)N[C@@H](C)C(=O)N[C@@H](Cc1ccccc1)C(=O)OC)N(CCCO[C@@H]1O[C@H](COC(C)=O)[C@@H](OC(C)=O)[C@H](OC(C)=O)[C@H]1OC(C)=O)C(=O)NC(C)(C)C. The lowest BCUT2D eigenvalue weighted by Crippen LogP contribution is -2.63. The second kappa shape index (κ2) is 25.2. The van der Waals surface area contributed by atoms with E-state index in [0.717, 1.165) is 38.2 Å². The van der Waals surface area contributed by atoms with Crippen LogP contribution >= 0.6 is 0 Å². The highest BCUT2D eigenvalue weighted by Crippen LogP contribution is 2.30. The van der Waals surface area contributed by atoms with Crippen molar-refractivity contribution < 1.29 is 81.0 Å². The molecule has 1 aliphatic rings. The van der Waals surface area contributed by atoms with E-state index >= 15 is 0 Å². The van der Waals surface area contributed by atoms with Crippen LogP contribution < -0.4 is 16.0 Å². The summed E-state index contributed by atoms with van der Waals surface area (Å²) >= 11 is 0. The van der Waals surface area contributed by atoms with Crippen LogP contribution in [0.1, 0.15) is 80.7 Å². The third-order valence-electron chi connectivity index (χ3n) is 8.70. The number of esters is 6. The molecule has 21 heteroatoms. The highest BCUT2D eigenvalue weighted by molar-refractivity contribution is 5.95. The quantitative estimate of drug-likeness (QED) is 0.0884. The first-order chi connectivity index (χ1) is 29.1. The molecule has 2 rings (SSSR count). The summed E-state index contributed by atoms with van der Waals surface area (Å²) in [5.41, 5.74) is -0.104. The number of nitrogens with one attached hydrogen (secondary N) is 3. The fraction of sp³-hybridized carbons (Fsp3) is 0.634. The molecule has 3 N–H and O–H groups in total. The number of amides is 4. The van der Waals surface area contributed by atoms with Crippen molar-refractivity contribution in [1.82, 2.24) is 20.9 Å². The second-order valence-electron chi connectivity index (χ2n) is 15.2. The molecule has 1 unspecified atom stereocenters. The van der Waals surface area contributed by atoms with Crippen LogP contribution in [0.3, 0.4) is 0 Å². The van der Waals surface area contributed by atoms with Crippen molar-refractivity contribution in [3.8, 4) is 0 Å². The summed E-state index contributed by atoms with van der Waals surface area (Å²) in [6.45, 7) is 11.2. The zero-order valence-corrected chi connectivity index (χ0v) is 36.8. The fourth-order valence-electron chi connectivity index (χ4n) is 6.13. The van der Waals surface area contributed by atoms with Crippen LogP contribution in [0, 0.1) is 0 Å². The maximum Gasteiger partial charge on any atom is 0.328 e. The molecule has 8 atom stereocenters. The Labute approximate surface area is 360 Å². The first-order valence-corrected chi connectivity index (χ1v) is 20.0. The number of urea groups is 1. The van der Waals surface area contributed by atoms with Crippen LogP contribution in [0.5, 0.6) is 0 Å². The van der Waals surface area contributed by atoms with Crippen LogP contribution in [0.15, 0.2) is 30.3 Å². The minimum atomic E-state index is -1.56. The molecule has 0 bridgehead atoms. The number of ether oxygens (including phenoxy) is 8. The van der Waals surface area contributed by atoms with E-state index < -0.39 is 121 Å². The molecule has 0 radical (unpaired) electrons. The number of carbonyl (C=O) groups excluding carboxylic acids is 9. The molecule has 1 aliphatic heterocycles. The van der Waals surface area contributed by atoms with Crippen molar-refractivity contribution >= 4 is 53.7 Å². The van der Waals surface area contributed by atoms with Gasteiger partial charge in [0.05, 0.1) is 26.7 Å². The first kappa shape index (κ1) is 52.3. The maximum atomic E-state index is 14.1. The van der Waals surface area contributed by atoms with Crippen molar-refractivity contribution in [2.45, 2.75) is 136 Å². The summed E-state index contributed by atoms with van der Waals surface area (Å²) in [4.78, 5) is 116. The van der Waals surface area contributed by atoms with Crippen molar-refractivity contribution in [1.29, 1.82) is 0 Å². The van der Waals surface area contributed by atoms with E-state index in [-0.39, 0.29) is 32.6 Å². The molecule has 1 aromatic carbocycles. The lowest BCUT2D eigenvalue weighted by atomic mass is 9.98. The van der Waals surface area contributed by atoms with Gasteiger partial charge < -0.3 is 58.7 Å². The van der Waals surface area contributed by atoms with Gasteiger partial charge in [-0.05, 0) is 46.6 Å². The Morgan fingerprint density at radius 1 is 0.790 bits per heavy atom. The molecule has 21 nitrogen and oxygen atoms in total. The van der Waals surface area contributed by atoms with E-state index in [1.165, 1.54) is 14.0 Å². The largest absolute Gasteiger partial charge is 0.467 e. The van der Waals surface area contributed by atoms with Gasteiger partial charge in [0.1, 0.15) is 30.8 Å². The molecule has 4 amide bonds. The van der Waals surface area contributed by atoms with Gasteiger partial charge >= 0.3 is 41.8 Å². The smallest absolute Gasteiger partial charge is 0.328 e. The average molecular weight is 881 g/mol. The summed E-state index contributed by atoms with van der Waals surface area (Å²) in [5, 5.41) is 7.89. The predicted octanol–water partition coefficient (Wildman–Crippen LogP) is 1.01. The van der Waals surface area contributed by atoms with Gasteiger partial charge in [-0.3, -0.25) is 33.6 Å². The molecule has 0 spiro atoms. The minimum Gasteiger partial charge on any atom is -0.467 e. The summed E-state index contributed by atoms with van der Waals surface area (Å²) in [6.07, 6.45) is -7.86. The Balaban J connectivity index is 2.42. The molecule has 1 saturated heterocycles. The second-order valence-corrected chi connectivity index (χ2v) is 15.2. The number of rotatable bonds is 21. The maximum absolute atomic E-state index is 14.1. The van der Waals surface area contributed by atoms with Gasteiger partial charge in [-0.2, -0.15) is 0 Å². The molecule has 1 fully saturated rings. The van der Waals surface area contributed by atoms with E-state index in [2.05, 4.69) is 16.0 Å². The minimum absolute atomic E-state index is 0.0413. The number of nitrogens with zero attached hydrogens (tertiary/aromatic N) is 1. The average Bonchev–Trinajstić information content (AvgIpc) is 3.17. The number of methoxy groups -OCH3 is 1. The molecule has 62 heavy (non-hydrogen) atoms. The van der Waals surface area contributed by atoms with E-state index in [1.807, 2.05) is 0 Å². The van der Waals surface area contributed by atoms with Gasteiger partial charge in [-0.25, -0.2) is 9.59 Å². The zero-order chi connectivity index (χ0) is 46.7. The van der Waals surface area contributed by atoms with Crippen molar-refractivity contribution in [3.05, 3.63) is 35.9 Å². The van der Waals surface area contributed by atoms with Crippen molar-refractivity contribution in [2.24, 2.45) is 0 Å². The summed E-state index contributed by atoms with van der Waals surface area (Å²) < 4.78 is 43.3. The molecule has 1 heterocycles. The Morgan fingerprint density at radius 3 is 1.94 bits per heavy atom. The molecular weight excluding hydrogens is 820 g/mol. The Bertz CT molecular complexity index is 1720. The van der Waals surface area contributed by atoms with E-state index in [9.17, 15) is 43.2 Å². The number of carbonyl (C=O) groups is 9. The summed E-state index contributed by atoms with van der Waals surface area (Å²) in [6, 6.07) is 4.12. The first-order valence-electron chi connectivity index (χ1n) is 20.0. The third-order valence-corrected chi connectivity index (χ3v) is 8.70. The van der Waals surface area contributed by atoms with Crippen LogP contribution in [-0.2, 0) is 82.7 Å². The summed E-state index contributed by atoms with van der Waals surface area (Å²) in [7, 11) is 1.17. The van der Waals surface area contributed by atoms with E-state index in [4.69, 9.17) is 37.9 Å². The van der Waals surface area contributed by atoms with Gasteiger partial charge in [-0.1, -0.05) is 30.3 Å². The van der Waals surface area contributed by atoms with Gasteiger partial charge in [-0.15, -0.1) is 0 Å². The highest BCUT2D eigenvalue weighted by Gasteiger charge is 2.53. The number of hydrogen-bond acceptors (Lipinski definition) is 17. The Morgan fingerprint density at radius 2 is 1.39 bits per heavy atom. The van der Waals surface area contributed by atoms with Crippen molar-refractivity contribution in [2.75, 3.05) is 33.5 Å². The monoisotopic (exact) mass is 880 g/mol. The number of benzene rings is 1. The molecular formula is C41H60N4O17. The van der Waals surface area contributed by atoms with Gasteiger partial charge in [0.15, 0.2) is 24.6 Å². The lowest BCUT2D eigenvalue weighted by Gasteiger charge is -2.44. The van der Waals surface area contributed by atoms with Crippen LogP contribution in [0.2, 0.25) is 0 Å². The van der Waals surface area contributed by atoms with E-state index in [0.29, 0.717) is 0 Å². The molecule has 1 aromatic rings. The molecule has 0 saturated carbocycles. The van der Waals surface area contributed by atoms with Gasteiger partial charge in [0.2, 0.25) is 11.8 Å². The zero-order valence-electron chi connectivity index (χ0n) is 36.8. The van der Waals surface area contributed by atoms with Crippen molar-refractivity contribution in [3.63, 3.8) is 0 Å². The molecule has 346 valence electrons. The lowest BCUT2D eigenvalue weighted by molar-refractivity contribution is -0.308. The standard InChI is InChI=1S/C41H60N4O17/c1-11-56-32(50)21-30(37(52)42-23(2)36(51)43-29(38(53)55-10)20-28-16-13-12-14-17-28)45(40(54)44-41(7,8)9)18-15-19-57-39-35(61-27(6)49)34(60-26(5)48)33(59-25(4)47)31(62-39)22-58-24(3)46/h12-14,16-17,23,29-31,33-35,39H,11,15,18-22H2,1-10H3,(H,42,52)(H,43,51)(H,44,54)/t23-,29-,30?,31+,33+,34-,35+,39+/m0/s1. The Kier molecular flexibility index (Phi) is 21.3. The predicted molar refractivity (Wildman–Crippen MR) is 214 cm³/mol. The van der Waals surface area contributed by atoms with E-state index in [1.54, 1.807) is 58.0 Å². The normalized spacial score (nSPS) is 19.8. The van der Waals surface area contributed by atoms with Crippen LogP contribution in [-0.4, -0.2) is 146 Å². The summed E-state index contributed by atoms with van der Waals surface area (Å²) in [5.74, 6) is -6.45. The highest BCUT2D eigenvalue weighted by atomic mass is 16.7.